The van der Waals surface area contributed by atoms with Crippen molar-refractivity contribution in [3.63, 3.8) is 0 Å². The van der Waals surface area contributed by atoms with Crippen molar-refractivity contribution in [2.45, 2.75) is 19.9 Å². The molecule has 1 unspecified atom stereocenters. The molecule has 0 spiro atoms. The first-order valence-corrected chi connectivity index (χ1v) is 8.47. The third kappa shape index (κ3) is 4.08. The van der Waals surface area contributed by atoms with Gasteiger partial charge in [0.1, 0.15) is 5.82 Å². The zero-order chi connectivity index (χ0) is 18.7. The highest BCUT2D eigenvalue weighted by molar-refractivity contribution is 5.94. The fourth-order valence-electron chi connectivity index (χ4n) is 2.90. The number of benzene rings is 1. The van der Waals surface area contributed by atoms with E-state index in [2.05, 4.69) is 10.5 Å². The summed E-state index contributed by atoms with van der Waals surface area (Å²) in [5, 5.41) is 6.43. The fourth-order valence-corrected chi connectivity index (χ4v) is 2.90. The van der Waals surface area contributed by atoms with Crippen LogP contribution in [0.2, 0.25) is 0 Å². The minimum Gasteiger partial charge on any atom is -0.338 e. The normalized spacial score (nSPS) is 16.3. The van der Waals surface area contributed by atoms with E-state index in [1.165, 1.54) is 24.3 Å². The van der Waals surface area contributed by atoms with E-state index in [-0.39, 0.29) is 23.7 Å². The van der Waals surface area contributed by atoms with Crippen LogP contribution in [0.3, 0.4) is 0 Å². The molecule has 138 valence electrons. The van der Waals surface area contributed by atoms with Gasteiger partial charge in [-0.2, -0.15) is 0 Å². The van der Waals surface area contributed by atoms with Crippen molar-refractivity contribution < 1.29 is 18.5 Å². The number of hydrogen-bond acceptors (Lipinski definition) is 5. The van der Waals surface area contributed by atoms with Gasteiger partial charge in [-0.3, -0.25) is 19.8 Å². The molecule has 0 bridgehead atoms. The van der Waals surface area contributed by atoms with E-state index in [9.17, 15) is 14.0 Å². The average Bonchev–Trinajstić information content (AvgIpc) is 3.06. The van der Waals surface area contributed by atoms with Crippen LogP contribution in [0.1, 0.15) is 23.0 Å². The average molecular weight is 360 g/mol. The number of nitrogens with zero attached hydrogens (tertiary/aromatic N) is 3. The number of aryl methyl sites for hydroxylation is 1. The molecule has 0 radical (unpaired) electrons. The Morgan fingerprint density at radius 2 is 1.85 bits per heavy atom. The number of nitrogens with one attached hydrogen (secondary N) is 1. The molecule has 1 fully saturated rings. The van der Waals surface area contributed by atoms with Gasteiger partial charge in [0.05, 0.1) is 11.7 Å². The Morgan fingerprint density at radius 3 is 2.42 bits per heavy atom. The van der Waals surface area contributed by atoms with E-state index < -0.39 is 0 Å². The van der Waals surface area contributed by atoms with Gasteiger partial charge in [-0.05, 0) is 38.1 Å². The lowest BCUT2D eigenvalue weighted by atomic mass is 10.1. The number of rotatable bonds is 4. The van der Waals surface area contributed by atoms with Crippen molar-refractivity contribution in [1.29, 1.82) is 0 Å². The van der Waals surface area contributed by atoms with Crippen LogP contribution in [-0.4, -0.2) is 59.0 Å². The molecule has 2 aromatic rings. The van der Waals surface area contributed by atoms with E-state index in [1.807, 2.05) is 11.8 Å². The predicted octanol–water partition coefficient (Wildman–Crippen LogP) is 1.91. The second kappa shape index (κ2) is 7.65. The fraction of sp³-hybridized carbons (Fsp3) is 0.389. The highest BCUT2D eigenvalue weighted by Gasteiger charge is 2.28. The molecule has 2 heterocycles. The lowest BCUT2D eigenvalue weighted by molar-refractivity contribution is -0.121. The van der Waals surface area contributed by atoms with Gasteiger partial charge in [-0.25, -0.2) is 4.39 Å². The molecule has 3 rings (SSSR count). The molecule has 1 saturated heterocycles. The summed E-state index contributed by atoms with van der Waals surface area (Å²) in [6, 6.07) is 6.83. The summed E-state index contributed by atoms with van der Waals surface area (Å²) in [4.78, 5) is 28.5. The van der Waals surface area contributed by atoms with Crippen LogP contribution in [-0.2, 0) is 4.79 Å². The first-order chi connectivity index (χ1) is 12.4. The number of amides is 2. The number of carbonyl (C=O) groups is 2. The summed E-state index contributed by atoms with van der Waals surface area (Å²) in [6.07, 6.45) is 0. The molecule has 1 aromatic heterocycles. The zero-order valence-corrected chi connectivity index (χ0v) is 14.7. The summed E-state index contributed by atoms with van der Waals surface area (Å²) in [6.45, 7) is 5.77. The molecule has 0 aliphatic carbocycles. The first kappa shape index (κ1) is 18.1. The van der Waals surface area contributed by atoms with Crippen LogP contribution in [0.25, 0.3) is 0 Å². The topological polar surface area (TPSA) is 78.7 Å². The molecule has 1 aliphatic heterocycles. The van der Waals surface area contributed by atoms with Crippen molar-refractivity contribution in [3.8, 4) is 0 Å². The van der Waals surface area contributed by atoms with Gasteiger partial charge in [0, 0.05) is 37.8 Å². The number of anilines is 1. The molecule has 26 heavy (non-hydrogen) atoms. The number of carbonyl (C=O) groups excluding carboxylic acids is 2. The lowest BCUT2D eigenvalue weighted by Crippen LogP contribution is -2.54. The monoisotopic (exact) mass is 360 g/mol. The van der Waals surface area contributed by atoms with Gasteiger partial charge in [-0.15, -0.1) is 0 Å². The van der Waals surface area contributed by atoms with Crippen LogP contribution >= 0.6 is 0 Å². The molecule has 1 atom stereocenters. The Morgan fingerprint density at radius 1 is 1.19 bits per heavy atom. The minimum atomic E-state index is -0.367. The van der Waals surface area contributed by atoms with Crippen molar-refractivity contribution in [1.82, 2.24) is 15.0 Å². The quantitative estimate of drug-likeness (QED) is 0.901. The maximum atomic E-state index is 13.0. The third-order valence-corrected chi connectivity index (χ3v) is 4.49. The molecule has 1 aromatic carbocycles. The molecular formula is C18H21FN4O3. The van der Waals surface area contributed by atoms with Crippen LogP contribution in [0.4, 0.5) is 10.3 Å². The Hall–Kier alpha value is -2.74. The number of halogens is 1. The number of aromatic nitrogens is 1. The smallest absolute Gasteiger partial charge is 0.253 e. The summed E-state index contributed by atoms with van der Waals surface area (Å²) < 4.78 is 18.0. The van der Waals surface area contributed by atoms with Gasteiger partial charge in [0.25, 0.3) is 5.91 Å². The lowest BCUT2D eigenvalue weighted by Gasteiger charge is -2.37. The molecule has 2 amide bonds. The summed E-state index contributed by atoms with van der Waals surface area (Å²) in [7, 11) is 0. The number of piperazine rings is 1. The van der Waals surface area contributed by atoms with E-state index in [0.717, 1.165) is 0 Å². The minimum absolute atomic E-state index is 0.126. The molecule has 7 nitrogen and oxygen atoms in total. The number of hydrogen-bond donors (Lipinski definition) is 1. The second-order valence-corrected chi connectivity index (χ2v) is 6.33. The van der Waals surface area contributed by atoms with E-state index in [1.54, 1.807) is 17.9 Å². The van der Waals surface area contributed by atoms with Gasteiger partial charge >= 0.3 is 0 Å². The molecule has 1 N–H and O–H groups in total. The first-order valence-electron chi connectivity index (χ1n) is 8.47. The van der Waals surface area contributed by atoms with Crippen LogP contribution in [0, 0.1) is 12.7 Å². The summed E-state index contributed by atoms with van der Waals surface area (Å²) in [5.41, 5.74) is 1.16. The van der Waals surface area contributed by atoms with Gasteiger partial charge < -0.3 is 9.42 Å². The van der Waals surface area contributed by atoms with Crippen molar-refractivity contribution in [2.75, 3.05) is 31.5 Å². The van der Waals surface area contributed by atoms with Gasteiger partial charge in [-0.1, -0.05) is 5.16 Å². The summed E-state index contributed by atoms with van der Waals surface area (Å²) in [5.74, 6) is -0.351. The Bertz CT molecular complexity index is 782. The van der Waals surface area contributed by atoms with Gasteiger partial charge in [0.2, 0.25) is 11.8 Å². The van der Waals surface area contributed by atoms with Crippen LogP contribution in [0.15, 0.2) is 34.9 Å². The molecule has 1 aliphatic rings. The maximum absolute atomic E-state index is 13.0. The van der Waals surface area contributed by atoms with Crippen LogP contribution in [0.5, 0.6) is 0 Å². The van der Waals surface area contributed by atoms with E-state index in [0.29, 0.717) is 43.3 Å². The van der Waals surface area contributed by atoms with Crippen molar-refractivity contribution >= 4 is 17.7 Å². The van der Waals surface area contributed by atoms with Crippen molar-refractivity contribution in [2.24, 2.45) is 0 Å². The predicted molar refractivity (Wildman–Crippen MR) is 93.2 cm³/mol. The summed E-state index contributed by atoms with van der Waals surface area (Å²) >= 11 is 0. The van der Waals surface area contributed by atoms with E-state index in [4.69, 9.17) is 4.52 Å². The van der Waals surface area contributed by atoms with Gasteiger partial charge in [0.15, 0.2) is 0 Å². The Labute approximate surface area is 150 Å². The zero-order valence-electron chi connectivity index (χ0n) is 14.7. The van der Waals surface area contributed by atoms with Crippen molar-refractivity contribution in [3.05, 3.63) is 47.4 Å². The Kier molecular flexibility index (Phi) is 5.32. The van der Waals surface area contributed by atoms with Crippen LogP contribution < -0.4 is 5.32 Å². The molecule has 8 heteroatoms. The standard InChI is InChI=1S/C18H21FN4O3/c1-12-11-16(26-21-12)20-17(24)13(2)22-7-9-23(10-8-22)18(25)14-3-5-15(19)6-4-14/h3-6,11,13H,7-10H2,1-2H3,(H,20,24). The second-order valence-electron chi connectivity index (χ2n) is 6.33. The maximum Gasteiger partial charge on any atom is 0.253 e. The molecular weight excluding hydrogens is 339 g/mol. The third-order valence-electron chi connectivity index (χ3n) is 4.49. The highest BCUT2D eigenvalue weighted by atomic mass is 19.1. The SMILES string of the molecule is Cc1cc(NC(=O)C(C)N2CCN(C(=O)c3ccc(F)cc3)CC2)on1. The largest absolute Gasteiger partial charge is 0.338 e. The van der Waals surface area contributed by atoms with E-state index >= 15 is 0 Å². The Balaban J connectivity index is 1.53. The highest BCUT2D eigenvalue weighted by Crippen LogP contribution is 2.14. The molecule has 0 saturated carbocycles.